The van der Waals surface area contributed by atoms with E-state index in [1.165, 1.54) is 0 Å². The molecule has 1 aliphatic rings. The fraction of sp³-hybridized carbons (Fsp3) is 0.588. The van der Waals surface area contributed by atoms with Crippen LogP contribution in [0, 0.1) is 22.9 Å². The van der Waals surface area contributed by atoms with Crippen molar-refractivity contribution in [3.05, 3.63) is 29.6 Å². The molecule has 0 aromatic heterocycles. The Hall–Kier alpha value is -1.90. The number of unbranched alkanes of at least 4 members (excludes halogenated alkanes) is 2. The normalized spacial score (nSPS) is 16.1. The molecule has 1 saturated heterocycles. The zero-order valence-corrected chi connectivity index (χ0v) is 14.1. The molecule has 0 N–H and O–H groups in total. The molecule has 0 spiro atoms. The zero-order valence-electron chi connectivity index (χ0n) is 14.1. The lowest BCUT2D eigenvalue weighted by atomic mass is 9.81. The van der Waals surface area contributed by atoms with E-state index in [0.717, 1.165) is 19.3 Å². The lowest BCUT2D eigenvalue weighted by molar-refractivity contribution is -0.227. The maximum Gasteiger partial charge on any atom is 0.502 e. The molecule has 1 fully saturated rings. The maximum absolute atomic E-state index is 13.8. The zero-order chi connectivity index (χ0) is 19.4. The first-order valence-corrected chi connectivity index (χ1v) is 8.15. The van der Waals surface area contributed by atoms with Crippen molar-refractivity contribution in [2.75, 3.05) is 19.8 Å². The van der Waals surface area contributed by atoms with Gasteiger partial charge in [0.25, 0.3) is 0 Å². The number of hydrogen-bond acceptors (Lipinski definition) is 4. The van der Waals surface area contributed by atoms with Crippen LogP contribution in [0.2, 0.25) is 0 Å². The second kappa shape index (κ2) is 8.20. The van der Waals surface area contributed by atoms with Gasteiger partial charge in [0.2, 0.25) is 0 Å². The third-order valence-electron chi connectivity index (χ3n) is 4.08. The van der Waals surface area contributed by atoms with E-state index in [9.17, 15) is 26.7 Å². The summed E-state index contributed by atoms with van der Waals surface area (Å²) >= 11 is 0. The molecule has 1 aromatic carbocycles. The molecule has 0 saturated carbocycles. The summed E-state index contributed by atoms with van der Waals surface area (Å²) in [6, 6.07) is 0.428. The highest BCUT2D eigenvalue weighted by atomic mass is 19.3. The van der Waals surface area contributed by atoms with Gasteiger partial charge in [-0.05, 0) is 6.42 Å². The molecular formula is C17H19F5O4. The third kappa shape index (κ3) is 4.84. The lowest BCUT2D eigenvalue weighted by Crippen LogP contribution is -2.48. The van der Waals surface area contributed by atoms with Gasteiger partial charge in [0, 0.05) is 12.1 Å². The molecule has 9 heteroatoms. The minimum absolute atomic E-state index is 0.214. The molecule has 0 amide bonds. The number of carbonyl (C=O) groups is 1. The molecule has 1 aromatic rings. The fourth-order valence-electron chi connectivity index (χ4n) is 2.52. The SMILES string of the molecule is CCCCCC1(COC(=O)C(F)(F)Oc2cc(F)c(F)c(F)c2)COC1. The Labute approximate surface area is 147 Å². The van der Waals surface area contributed by atoms with Crippen LogP contribution < -0.4 is 4.74 Å². The summed E-state index contributed by atoms with van der Waals surface area (Å²) in [5.74, 6) is -8.30. The van der Waals surface area contributed by atoms with Crippen molar-refractivity contribution in [1.29, 1.82) is 0 Å². The van der Waals surface area contributed by atoms with Gasteiger partial charge >= 0.3 is 12.1 Å². The predicted molar refractivity (Wildman–Crippen MR) is 80.2 cm³/mol. The summed E-state index contributed by atoms with van der Waals surface area (Å²) in [7, 11) is 0. The van der Waals surface area contributed by atoms with Crippen LogP contribution in [0.4, 0.5) is 22.0 Å². The molecule has 1 heterocycles. The molecule has 2 rings (SSSR count). The van der Waals surface area contributed by atoms with Gasteiger partial charge in [-0.25, -0.2) is 18.0 Å². The summed E-state index contributed by atoms with van der Waals surface area (Å²) in [6.45, 7) is 2.33. The van der Waals surface area contributed by atoms with Gasteiger partial charge in [0.15, 0.2) is 17.5 Å². The number of esters is 1. The number of halogens is 5. The smallest absolute Gasteiger partial charge is 0.458 e. The van der Waals surface area contributed by atoms with Gasteiger partial charge in [0.1, 0.15) is 12.4 Å². The third-order valence-corrected chi connectivity index (χ3v) is 4.08. The van der Waals surface area contributed by atoms with Gasteiger partial charge in [-0.15, -0.1) is 0 Å². The molecule has 146 valence electrons. The van der Waals surface area contributed by atoms with E-state index in [4.69, 9.17) is 4.74 Å². The van der Waals surface area contributed by atoms with Crippen molar-refractivity contribution >= 4 is 5.97 Å². The standard InChI is InChI=1S/C17H19F5O4/c1-2-3-4-5-16(8-24-9-16)10-25-15(23)17(21,22)26-11-6-12(18)14(20)13(19)7-11/h6-7H,2-5,8-10H2,1H3. The first-order chi connectivity index (χ1) is 12.2. The quantitative estimate of drug-likeness (QED) is 0.278. The molecule has 0 atom stereocenters. The summed E-state index contributed by atoms with van der Waals surface area (Å²) in [5, 5.41) is 0. The van der Waals surface area contributed by atoms with Gasteiger partial charge in [-0.3, -0.25) is 0 Å². The Bertz CT molecular complexity index is 623. The van der Waals surface area contributed by atoms with Crippen molar-refractivity contribution < 1.29 is 41.0 Å². The van der Waals surface area contributed by atoms with Crippen molar-refractivity contribution in [3.8, 4) is 5.75 Å². The molecule has 0 bridgehead atoms. The summed E-state index contributed by atoms with van der Waals surface area (Å²) in [5.41, 5.74) is -0.505. The topological polar surface area (TPSA) is 44.8 Å². The largest absolute Gasteiger partial charge is 0.502 e. The molecule has 0 radical (unpaired) electrons. The number of alkyl halides is 2. The Morgan fingerprint density at radius 3 is 2.31 bits per heavy atom. The lowest BCUT2D eigenvalue weighted by Gasteiger charge is -2.41. The minimum Gasteiger partial charge on any atom is -0.458 e. The van der Waals surface area contributed by atoms with E-state index in [2.05, 4.69) is 9.47 Å². The van der Waals surface area contributed by atoms with Gasteiger partial charge in [-0.1, -0.05) is 26.2 Å². The number of ether oxygens (including phenoxy) is 3. The molecule has 26 heavy (non-hydrogen) atoms. The van der Waals surface area contributed by atoms with Crippen LogP contribution in [0.5, 0.6) is 5.75 Å². The van der Waals surface area contributed by atoms with Crippen LogP contribution in [-0.4, -0.2) is 31.9 Å². The highest BCUT2D eigenvalue weighted by Crippen LogP contribution is 2.35. The van der Waals surface area contributed by atoms with Gasteiger partial charge in [-0.2, -0.15) is 8.78 Å². The van der Waals surface area contributed by atoms with E-state index in [-0.39, 0.29) is 18.7 Å². The van der Waals surface area contributed by atoms with Gasteiger partial charge in [0.05, 0.1) is 18.6 Å². The van der Waals surface area contributed by atoms with E-state index < -0.39 is 40.7 Å². The Morgan fingerprint density at radius 2 is 1.81 bits per heavy atom. The minimum atomic E-state index is -4.48. The maximum atomic E-state index is 13.8. The number of carbonyl (C=O) groups excluding carboxylic acids is 1. The highest BCUT2D eigenvalue weighted by molar-refractivity contribution is 5.76. The molecule has 0 unspecified atom stereocenters. The second-order valence-corrected chi connectivity index (χ2v) is 6.35. The van der Waals surface area contributed by atoms with E-state index in [1.54, 1.807) is 0 Å². The fourth-order valence-corrected chi connectivity index (χ4v) is 2.52. The van der Waals surface area contributed by atoms with E-state index >= 15 is 0 Å². The van der Waals surface area contributed by atoms with Crippen LogP contribution in [0.1, 0.15) is 32.6 Å². The summed E-state index contributed by atoms with van der Waals surface area (Å²) in [4.78, 5) is 11.6. The molecule has 4 nitrogen and oxygen atoms in total. The molecule has 1 aliphatic heterocycles. The van der Waals surface area contributed by atoms with Crippen molar-refractivity contribution in [2.24, 2.45) is 5.41 Å². The highest BCUT2D eigenvalue weighted by Gasteiger charge is 2.47. The van der Waals surface area contributed by atoms with Crippen LogP contribution in [0.15, 0.2) is 12.1 Å². The number of rotatable bonds is 9. The number of hydrogen-bond donors (Lipinski definition) is 0. The molecular weight excluding hydrogens is 363 g/mol. The first-order valence-electron chi connectivity index (χ1n) is 8.15. The average Bonchev–Trinajstić information content (AvgIpc) is 2.53. The van der Waals surface area contributed by atoms with Crippen LogP contribution >= 0.6 is 0 Å². The Balaban J connectivity index is 1.95. The monoisotopic (exact) mass is 382 g/mol. The van der Waals surface area contributed by atoms with E-state index in [0.29, 0.717) is 19.6 Å². The van der Waals surface area contributed by atoms with E-state index in [1.807, 2.05) is 6.92 Å². The van der Waals surface area contributed by atoms with Crippen molar-refractivity contribution in [1.82, 2.24) is 0 Å². The second-order valence-electron chi connectivity index (χ2n) is 6.35. The van der Waals surface area contributed by atoms with Crippen molar-refractivity contribution in [3.63, 3.8) is 0 Å². The van der Waals surface area contributed by atoms with Crippen LogP contribution in [0.3, 0.4) is 0 Å². The predicted octanol–water partition coefficient (Wildman–Crippen LogP) is 4.22. The van der Waals surface area contributed by atoms with Crippen LogP contribution in [-0.2, 0) is 14.3 Å². The number of benzene rings is 1. The summed E-state index contributed by atoms with van der Waals surface area (Å²) < 4.78 is 80.3. The van der Waals surface area contributed by atoms with Gasteiger partial charge < -0.3 is 14.2 Å². The summed E-state index contributed by atoms with van der Waals surface area (Å²) in [6.07, 6.45) is -1.04. The Morgan fingerprint density at radius 1 is 1.19 bits per heavy atom. The molecule has 0 aliphatic carbocycles. The average molecular weight is 382 g/mol. The first kappa shape index (κ1) is 20.4. The van der Waals surface area contributed by atoms with Crippen LogP contribution in [0.25, 0.3) is 0 Å². The van der Waals surface area contributed by atoms with Crippen molar-refractivity contribution in [2.45, 2.75) is 38.7 Å². The Kier molecular flexibility index (Phi) is 6.44.